The summed E-state index contributed by atoms with van der Waals surface area (Å²) in [6, 6.07) is 6.95. The van der Waals surface area contributed by atoms with E-state index < -0.39 is 5.92 Å². The van der Waals surface area contributed by atoms with Crippen LogP contribution in [0.1, 0.15) is 23.2 Å². The molecule has 1 aromatic rings. The summed E-state index contributed by atoms with van der Waals surface area (Å²) in [6.45, 7) is 1.92. The summed E-state index contributed by atoms with van der Waals surface area (Å²) in [7, 11) is 0. The van der Waals surface area contributed by atoms with Gasteiger partial charge in [-0.25, -0.2) is 8.78 Å². The zero-order valence-corrected chi connectivity index (χ0v) is 13.2. The van der Waals surface area contributed by atoms with Gasteiger partial charge in [-0.05, 0) is 24.3 Å². The molecule has 1 fully saturated rings. The standard InChI is InChI=1S/C15H18BrF2NO2/c16-11-14(20)12-1-3-13(4-2-12)21-10-9-19-7-5-15(17,18)6-8-19/h1-4H,5-11H2. The highest BCUT2D eigenvalue weighted by Crippen LogP contribution is 2.27. The Bertz CT molecular complexity index is 469. The number of benzene rings is 1. The Labute approximate surface area is 131 Å². The Kier molecular flexibility index (Phi) is 5.70. The minimum atomic E-state index is -2.50. The van der Waals surface area contributed by atoms with Crippen molar-refractivity contribution in [3.05, 3.63) is 29.8 Å². The van der Waals surface area contributed by atoms with Crippen LogP contribution in [0.15, 0.2) is 24.3 Å². The van der Waals surface area contributed by atoms with Crippen molar-refractivity contribution in [2.24, 2.45) is 0 Å². The van der Waals surface area contributed by atoms with Crippen LogP contribution in [-0.4, -0.2) is 48.2 Å². The summed E-state index contributed by atoms with van der Waals surface area (Å²) in [5.41, 5.74) is 0.637. The first-order valence-electron chi connectivity index (χ1n) is 6.92. The van der Waals surface area contributed by atoms with Crippen LogP contribution >= 0.6 is 15.9 Å². The van der Waals surface area contributed by atoms with Crippen molar-refractivity contribution in [1.82, 2.24) is 4.90 Å². The van der Waals surface area contributed by atoms with Crippen molar-refractivity contribution >= 4 is 21.7 Å². The van der Waals surface area contributed by atoms with E-state index in [0.29, 0.717) is 42.9 Å². The molecule has 1 aromatic carbocycles. The molecule has 1 aliphatic rings. The SMILES string of the molecule is O=C(CBr)c1ccc(OCCN2CCC(F)(F)CC2)cc1. The molecule has 0 atom stereocenters. The Morgan fingerprint density at radius 2 is 1.86 bits per heavy atom. The maximum Gasteiger partial charge on any atom is 0.250 e. The third-order valence-corrected chi connectivity index (χ3v) is 4.07. The third kappa shape index (κ3) is 5.04. The summed E-state index contributed by atoms with van der Waals surface area (Å²) in [6.07, 6.45) is -0.146. The van der Waals surface area contributed by atoms with Crippen LogP contribution in [0.5, 0.6) is 5.75 Å². The molecule has 0 saturated carbocycles. The maximum atomic E-state index is 13.0. The van der Waals surface area contributed by atoms with E-state index in [1.165, 1.54) is 0 Å². The first kappa shape index (κ1) is 16.4. The largest absolute Gasteiger partial charge is 0.492 e. The van der Waals surface area contributed by atoms with Gasteiger partial charge in [-0.3, -0.25) is 9.69 Å². The summed E-state index contributed by atoms with van der Waals surface area (Å²) < 4.78 is 31.6. The van der Waals surface area contributed by atoms with E-state index in [-0.39, 0.29) is 18.6 Å². The zero-order valence-electron chi connectivity index (χ0n) is 11.7. The number of halogens is 3. The molecule has 0 amide bonds. The predicted molar refractivity (Wildman–Crippen MR) is 80.7 cm³/mol. The van der Waals surface area contributed by atoms with Gasteiger partial charge in [-0.1, -0.05) is 15.9 Å². The molecule has 0 aliphatic carbocycles. The van der Waals surface area contributed by atoms with E-state index in [4.69, 9.17) is 4.74 Å². The van der Waals surface area contributed by atoms with E-state index in [9.17, 15) is 13.6 Å². The van der Waals surface area contributed by atoms with Gasteiger partial charge in [0.15, 0.2) is 5.78 Å². The van der Waals surface area contributed by atoms with Crippen LogP contribution in [0.25, 0.3) is 0 Å². The number of piperidine rings is 1. The summed E-state index contributed by atoms with van der Waals surface area (Å²) in [4.78, 5) is 13.4. The minimum Gasteiger partial charge on any atom is -0.492 e. The molecule has 6 heteroatoms. The molecule has 0 spiro atoms. The van der Waals surface area contributed by atoms with Crippen LogP contribution in [0, 0.1) is 0 Å². The molecule has 0 bridgehead atoms. The summed E-state index contributed by atoms with van der Waals surface area (Å²) >= 11 is 3.12. The average molecular weight is 362 g/mol. The Morgan fingerprint density at radius 3 is 2.43 bits per heavy atom. The fraction of sp³-hybridized carbons (Fsp3) is 0.533. The monoisotopic (exact) mass is 361 g/mol. The van der Waals surface area contributed by atoms with Crippen molar-refractivity contribution < 1.29 is 18.3 Å². The minimum absolute atomic E-state index is 0.0239. The number of carbonyl (C=O) groups is 1. The molecule has 2 rings (SSSR count). The van der Waals surface area contributed by atoms with E-state index in [1.54, 1.807) is 24.3 Å². The molecule has 1 aliphatic heterocycles. The van der Waals surface area contributed by atoms with Crippen LogP contribution in [0.4, 0.5) is 8.78 Å². The average Bonchev–Trinajstić information content (AvgIpc) is 2.49. The molecular formula is C15H18BrF2NO2. The fourth-order valence-electron chi connectivity index (χ4n) is 2.21. The normalized spacial score (nSPS) is 18.4. The molecule has 0 radical (unpaired) electrons. The lowest BCUT2D eigenvalue weighted by Gasteiger charge is -2.31. The number of likely N-dealkylation sites (tertiary alicyclic amines) is 1. The second-order valence-electron chi connectivity index (χ2n) is 5.13. The number of ether oxygens (including phenoxy) is 1. The number of nitrogens with zero attached hydrogens (tertiary/aromatic N) is 1. The number of rotatable bonds is 6. The highest BCUT2D eigenvalue weighted by molar-refractivity contribution is 9.09. The van der Waals surface area contributed by atoms with Crippen molar-refractivity contribution in [2.45, 2.75) is 18.8 Å². The van der Waals surface area contributed by atoms with Gasteiger partial charge in [-0.15, -0.1) is 0 Å². The lowest BCUT2D eigenvalue weighted by molar-refractivity contribution is -0.0564. The van der Waals surface area contributed by atoms with Crippen LogP contribution in [-0.2, 0) is 0 Å². The quantitative estimate of drug-likeness (QED) is 0.574. The number of carbonyl (C=O) groups excluding carboxylic acids is 1. The van der Waals surface area contributed by atoms with Gasteiger partial charge in [0.1, 0.15) is 12.4 Å². The van der Waals surface area contributed by atoms with E-state index >= 15 is 0 Å². The third-order valence-electron chi connectivity index (χ3n) is 3.56. The van der Waals surface area contributed by atoms with Crippen LogP contribution in [0.2, 0.25) is 0 Å². The Hall–Kier alpha value is -1.01. The molecule has 0 aromatic heterocycles. The molecule has 0 N–H and O–H groups in total. The van der Waals surface area contributed by atoms with Crippen molar-refractivity contribution in [2.75, 3.05) is 31.6 Å². The lowest BCUT2D eigenvalue weighted by Crippen LogP contribution is -2.41. The van der Waals surface area contributed by atoms with Gasteiger partial charge in [-0.2, -0.15) is 0 Å². The van der Waals surface area contributed by atoms with Gasteiger partial charge in [0.2, 0.25) is 0 Å². The van der Waals surface area contributed by atoms with Crippen molar-refractivity contribution in [3.8, 4) is 5.75 Å². The Balaban J connectivity index is 1.73. The highest BCUT2D eigenvalue weighted by Gasteiger charge is 2.33. The van der Waals surface area contributed by atoms with Crippen molar-refractivity contribution in [1.29, 1.82) is 0 Å². The molecule has 116 valence electrons. The topological polar surface area (TPSA) is 29.5 Å². The van der Waals surface area contributed by atoms with E-state index in [0.717, 1.165) is 0 Å². The smallest absolute Gasteiger partial charge is 0.250 e. The maximum absolute atomic E-state index is 13.0. The molecule has 1 heterocycles. The van der Waals surface area contributed by atoms with Gasteiger partial charge in [0, 0.05) is 38.0 Å². The van der Waals surface area contributed by atoms with Crippen molar-refractivity contribution in [3.63, 3.8) is 0 Å². The lowest BCUT2D eigenvalue weighted by atomic mass is 10.1. The van der Waals surface area contributed by atoms with Gasteiger partial charge < -0.3 is 4.74 Å². The van der Waals surface area contributed by atoms with E-state index in [2.05, 4.69) is 15.9 Å². The second kappa shape index (κ2) is 7.31. The highest BCUT2D eigenvalue weighted by atomic mass is 79.9. The Morgan fingerprint density at radius 1 is 1.24 bits per heavy atom. The first-order valence-corrected chi connectivity index (χ1v) is 8.04. The number of ketones is 1. The molecular weight excluding hydrogens is 344 g/mol. The van der Waals surface area contributed by atoms with Gasteiger partial charge in [0.05, 0.1) is 5.33 Å². The van der Waals surface area contributed by atoms with Crippen LogP contribution in [0.3, 0.4) is 0 Å². The number of alkyl halides is 3. The zero-order chi connectivity index (χ0) is 15.3. The molecule has 3 nitrogen and oxygen atoms in total. The first-order chi connectivity index (χ1) is 10.00. The van der Waals surface area contributed by atoms with Crippen LogP contribution < -0.4 is 4.74 Å². The predicted octanol–water partition coefficient (Wildman–Crippen LogP) is 3.37. The van der Waals surface area contributed by atoms with Gasteiger partial charge in [0.25, 0.3) is 5.92 Å². The van der Waals surface area contributed by atoms with E-state index in [1.807, 2.05) is 4.90 Å². The number of Topliss-reactive ketones (excluding diaryl/α,β-unsaturated/α-hetero) is 1. The molecule has 0 unspecified atom stereocenters. The van der Waals surface area contributed by atoms with Gasteiger partial charge >= 0.3 is 0 Å². The molecule has 1 saturated heterocycles. The molecule has 21 heavy (non-hydrogen) atoms. The summed E-state index contributed by atoms with van der Waals surface area (Å²) in [5.74, 6) is -1.80. The number of hydrogen-bond donors (Lipinski definition) is 0. The second-order valence-corrected chi connectivity index (χ2v) is 5.69. The summed E-state index contributed by atoms with van der Waals surface area (Å²) in [5, 5.41) is 0.298. The fourth-order valence-corrected chi connectivity index (χ4v) is 2.53. The number of hydrogen-bond acceptors (Lipinski definition) is 3.